The molecule has 56 heavy (non-hydrogen) atoms. The van der Waals surface area contributed by atoms with Gasteiger partial charge in [0.25, 0.3) is 10.1 Å². The van der Waals surface area contributed by atoms with Crippen LogP contribution in [-0.4, -0.2) is 96.0 Å². The predicted molar refractivity (Wildman–Crippen MR) is 220 cm³/mol. The highest BCUT2D eigenvalue weighted by molar-refractivity contribution is 7.85. The molecule has 1 aliphatic heterocycles. The van der Waals surface area contributed by atoms with Gasteiger partial charge in [0.1, 0.15) is 36.8 Å². The summed E-state index contributed by atoms with van der Waals surface area (Å²) in [6.45, 7) is 3.75. The van der Waals surface area contributed by atoms with Crippen LogP contribution in [0.25, 0.3) is 0 Å². The third-order valence-electron chi connectivity index (χ3n) is 10.3. The van der Waals surface area contributed by atoms with Crippen LogP contribution >= 0.6 is 0 Å². The van der Waals surface area contributed by atoms with Crippen molar-refractivity contribution in [1.82, 2.24) is 0 Å². The Labute approximate surface area is 339 Å². The fourth-order valence-corrected chi connectivity index (χ4v) is 7.54. The number of aliphatic hydroxyl groups excluding tert-OH is 3. The van der Waals surface area contributed by atoms with E-state index in [-0.39, 0.29) is 19.4 Å². The zero-order valence-corrected chi connectivity index (χ0v) is 35.8. The minimum absolute atomic E-state index is 0.168. The van der Waals surface area contributed by atoms with Crippen molar-refractivity contribution in [3.63, 3.8) is 0 Å². The minimum Gasteiger partial charge on any atom is -0.462 e. The van der Waals surface area contributed by atoms with Gasteiger partial charge in [-0.3, -0.25) is 14.1 Å². The molecule has 1 heterocycles. The first-order valence-electron chi connectivity index (χ1n) is 22.2. The number of esters is 2. The molecule has 6 atom stereocenters. The molecule has 0 unspecified atom stereocenters. The number of rotatable bonds is 37. The second-order valence-electron chi connectivity index (χ2n) is 15.7. The first kappa shape index (κ1) is 52.4. The van der Waals surface area contributed by atoms with E-state index in [1.54, 1.807) is 0 Å². The standard InChI is InChI=1S/C43H80O12S/c1-3-5-7-9-11-13-15-17-18-20-21-23-25-27-29-31-38(44)52-33-36(34-53-43-42(48)41(47)40(46)37(55-43)35-56(49,50)51)54-39(45)32-30-28-26-24-22-19-16-14-12-10-8-6-4-2/h17-18,36-37,40-43,46-48H,3-16,19-35H2,1-2H3,(H,49,50,51)/b18-17-/t36-,37-,40-,41+,42-,43+/m1/s1. The topological polar surface area (TPSA) is 186 Å². The Morgan fingerprint density at radius 3 is 1.48 bits per heavy atom. The van der Waals surface area contributed by atoms with Crippen LogP contribution in [0.4, 0.5) is 0 Å². The van der Waals surface area contributed by atoms with Crippen molar-refractivity contribution in [2.75, 3.05) is 19.0 Å². The van der Waals surface area contributed by atoms with Gasteiger partial charge in [-0.25, -0.2) is 0 Å². The van der Waals surface area contributed by atoms with Crippen molar-refractivity contribution in [2.45, 2.75) is 230 Å². The lowest BCUT2D eigenvalue weighted by atomic mass is 10.00. The van der Waals surface area contributed by atoms with Gasteiger partial charge in [-0.15, -0.1) is 0 Å². The van der Waals surface area contributed by atoms with Crippen molar-refractivity contribution in [3.05, 3.63) is 12.2 Å². The van der Waals surface area contributed by atoms with E-state index in [1.807, 2.05) is 0 Å². The Morgan fingerprint density at radius 2 is 1.02 bits per heavy atom. The average Bonchev–Trinajstić information content (AvgIpc) is 3.16. The summed E-state index contributed by atoms with van der Waals surface area (Å²) in [5.41, 5.74) is 0. The third kappa shape index (κ3) is 28.7. The monoisotopic (exact) mass is 821 g/mol. The van der Waals surface area contributed by atoms with Crippen LogP contribution in [0.1, 0.15) is 194 Å². The fourth-order valence-electron chi connectivity index (χ4n) is 6.85. The number of carbonyl (C=O) groups is 2. The Kier molecular flexibility index (Phi) is 32.1. The molecule has 330 valence electrons. The van der Waals surface area contributed by atoms with Crippen LogP contribution < -0.4 is 0 Å². The highest BCUT2D eigenvalue weighted by atomic mass is 32.2. The molecule has 1 rings (SSSR count). The molecule has 0 aromatic rings. The summed E-state index contributed by atoms with van der Waals surface area (Å²) >= 11 is 0. The summed E-state index contributed by atoms with van der Waals surface area (Å²) in [6.07, 6.45) is 25.4. The normalized spacial score (nSPS) is 20.7. The lowest BCUT2D eigenvalue weighted by molar-refractivity contribution is -0.297. The molecule has 0 aromatic heterocycles. The van der Waals surface area contributed by atoms with Gasteiger partial charge in [-0.1, -0.05) is 154 Å². The van der Waals surface area contributed by atoms with E-state index in [0.29, 0.717) is 12.8 Å². The molecule has 0 radical (unpaired) electrons. The predicted octanol–water partition coefficient (Wildman–Crippen LogP) is 8.67. The quantitative estimate of drug-likeness (QED) is 0.0203. The molecule has 0 saturated carbocycles. The second-order valence-corrected chi connectivity index (χ2v) is 17.2. The second kappa shape index (κ2) is 34.3. The highest BCUT2D eigenvalue weighted by Crippen LogP contribution is 2.24. The van der Waals surface area contributed by atoms with Gasteiger partial charge in [0, 0.05) is 12.8 Å². The molecular weight excluding hydrogens is 741 g/mol. The summed E-state index contributed by atoms with van der Waals surface area (Å²) in [7, 11) is -4.60. The SMILES string of the molecule is CCCCCCCC/C=C\CCCCCCCC(=O)OC[C@H](CO[C@H]1O[C@H](CS(=O)(=O)O)[C@@H](O)[C@H](O)[C@H]1O)OC(=O)CCCCCCCCCCCCCCC. The lowest BCUT2D eigenvalue weighted by Crippen LogP contribution is -2.60. The zero-order valence-electron chi connectivity index (χ0n) is 35.0. The number of carbonyl (C=O) groups excluding carboxylic acids is 2. The molecule has 0 amide bonds. The van der Waals surface area contributed by atoms with Crippen molar-refractivity contribution >= 4 is 22.1 Å². The van der Waals surface area contributed by atoms with Gasteiger partial charge in [0.15, 0.2) is 12.4 Å². The molecule has 12 nitrogen and oxygen atoms in total. The van der Waals surface area contributed by atoms with E-state index >= 15 is 0 Å². The fraction of sp³-hybridized carbons (Fsp3) is 0.907. The number of aliphatic hydroxyl groups is 3. The van der Waals surface area contributed by atoms with Gasteiger partial charge in [-0.2, -0.15) is 8.42 Å². The molecule has 0 bridgehead atoms. The van der Waals surface area contributed by atoms with Gasteiger partial charge in [0.05, 0.1) is 6.61 Å². The van der Waals surface area contributed by atoms with E-state index in [1.165, 1.54) is 96.3 Å². The molecule has 1 aliphatic rings. The van der Waals surface area contributed by atoms with E-state index in [2.05, 4.69) is 26.0 Å². The Hall–Kier alpha value is -1.61. The van der Waals surface area contributed by atoms with Crippen LogP contribution in [0.15, 0.2) is 12.2 Å². The van der Waals surface area contributed by atoms with Gasteiger partial charge < -0.3 is 34.3 Å². The molecule has 1 saturated heterocycles. The molecule has 1 fully saturated rings. The van der Waals surface area contributed by atoms with Gasteiger partial charge in [-0.05, 0) is 38.5 Å². The maximum Gasteiger partial charge on any atom is 0.306 e. The van der Waals surface area contributed by atoms with Crippen LogP contribution in [-0.2, 0) is 38.7 Å². The summed E-state index contributed by atoms with van der Waals surface area (Å²) in [4.78, 5) is 25.3. The molecule has 0 spiro atoms. The van der Waals surface area contributed by atoms with Gasteiger partial charge >= 0.3 is 11.9 Å². The van der Waals surface area contributed by atoms with Crippen LogP contribution in [0.2, 0.25) is 0 Å². The van der Waals surface area contributed by atoms with E-state index in [9.17, 15) is 37.9 Å². The molecular formula is C43H80O12S. The van der Waals surface area contributed by atoms with Crippen LogP contribution in [0.3, 0.4) is 0 Å². The molecule has 0 aromatic carbocycles. The van der Waals surface area contributed by atoms with Crippen LogP contribution in [0.5, 0.6) is 0 Å². The summed E-state index contributed by atoms with van der Waals surface area (Å²) in [5.74, 6) is -1.98. The Morgan fingerprint density at radius 1 is 0.589 bits per heavy atom. The van der Waals surface area contributed by atoms with Crippen LogP contribution in [0, 0.1) is 0 Å². The highest BCUT2D eigenvalue weighted by Gasteiger charge is 2.46. The van der Waals surface area contributed by atoms with Gasteiger partial charge in [0.2, 0.25) is 0 Å². The number of hydrogen-bond acceptors (Lipinski definition) is 11. The molecule has 0 aliphatic carbocycles. The number of ether oxygens (including phenoxy) is 4. The smallest absolute Gasteiger partial charge is 0.306 e. The van der Waals surface area contributed by atoms with E-state index in [0.717, 1.165) is 57.8 Å². The van der Waals surface area contributed by atoms with Crippen molar-refractivity contribution in [3.8, 4) is 0 Å². The maximum absolute atomic E-state index is 12.8. The zero-order chi connectivity index (χ0) is 41.3. The first-order chi connectivity index (χ1) is 27.0. The van der Waals surface area contributed by atoms with E-state index < -0.39 is 71.2 Å². The number of unbranched alkanes of at least 4 members (excludes halogenated alkanes) is 23. The number of hydrogen-bond donors (Lipinski definition) is 4. The average molecular weight is 821 g/mol. The summed E-state index contributed by atoms with van der Waals surface area (Å²) in [5, 5.41) is 30.8. The summed E-state index contributed by atoms with van der Waals surface area (Å²) < 4.78 is 54.0. The Balaban J connectivity index is 2.46. The molecule has 4 N–H and O–H groups in total. The van der Waals surface area contributed by atoms with Crippen molar-refractivity contribution in [2.24, 2.45) is 0 Å². The lowest BCUT2D eigenvalue weighted by Gasteiger charge is -2.40. The maximum atomic E-state index is 12.8. The largest absolute Gasteiger partial charge is 0.462 e. The third-order valence-corrected chi connectivity index (χ3v) is 11.1. The van der Waals surface area contributed by atoms with Crippen molar-refractivity contribution < 1.29 is 56.8 Å². The Bertz CT molecular complexity index is 1100. The van der Waals surface area contributed by atoms with Crippen molar-refractivity contribution in [1.29, 1.82) is 0 Å². The first-order valence-corrected chi connectivity index (χ1v) is 23.9. The number of allylic oxidation sites excluding steroid dienone is 2. The molecule has 13 heteroatoms. The minimum atomic E-state index is -4.60. The summed E-state index contributed by atoms with van der Waals surface area (Å²) in [6, 6.07) is 0. The van der Waals surface area contributed by atoms with E-state index in [4.69, 9.17) is 18.9 Å².